The maximum Gasteiger partial charge on any atom is -0.0106 e. The lowest BCUT2D eigenvalue weighted by atomic mass is 9.82. The Morgan fingerprint density at radius 3 is 1.56 bits per heavy atom. The van der Waals surface area contributed by atoms with E-state index in [1.54, 1.807) is 0 Å². The van der Waals surface area contributed by atoms with Gasteiger partial charge in [0, 0.05) is 0 Å². The molecule has 0 aromatic heterocycles. The van der Waals surface area contributed by atoms with Crippen LogP contribution in [-0.4, -0.2) is 0 Å². The van der Waals surface area contributed by atoms with E-state index < -0.39 is 0 Å². The van der Waals surface area contributed by atoms with Crippen LogP contribution in [-0.2, 0) is 5.41 Å². The summed E-state index contributed by atoms with van der Waals surface area (Å²) in [6.07, 6.45) is 2.44. The van der Waals surface area contributed by atoms with Crippen LogP contribution < -0.4 is 0 Å². The molecule has 94 valence electrons. The molecule has 0 unspecified atom stereocenters. The van der Waals surface area contributed by atoms with Gasteiger partial charge in [-0.25, -0.2) is 0 Å². The third-order valence-electron chi connectivity index (χ3n) is 2.44. The summed E-state index contributed by atoms with van der Waals surface area (Å²) >= 11 is 0. The lowest BCUT2D eigenvalue weighted by Gasteiger charge is -2.22. The molecule has 0 aliphatic rings. The van der Waals surface area contributed by atoms with Crippen LogP contribution in [0.25, 0.3) is 0 Å². The largest absolute Gasteiger partial charge is 0.0683 e. The monoisotopic (exact) mass is 222 g/mol. The number of benzene rings is 1. The summed E-state index contributed by atoms with van der Waals surface area (Å²) in [7, 11) is 0. The van der Waals surface area contributed by atoms with Crippen molar-refractivity contribution in [1.29, 1.82) is 0 Å². The highest BCUT2D eigenvalue weighted by Crippen LogP contribution is 2.25. The maximum absolute atomic E-state index is 2.28. The lowest BCUT2D eigenvalue weighted by molar-refractivity contribution is 0.506. The minimum Gasteiger partial charge on any atom is -0.0683 e. The first-order valence-electron chi connectivity index (χ1n) is 6.64. The van der Waals surface area contributed by atoms with E-state index >= 15 is 0 Å². The molecule has 0 aliphatic carbocycles. The van der Waals surface area contributed by atoms with Crippen LogP contribution in [0.1, 0.15) is 66.9 Å². The highest BCUT2D eigenvalue weighted by atomic mass is 14.2. The molecule has 0 saturated carbocycles. The Hall–Kier alpha value is -0.780. The molecule has 0 fully saturated rings. The van der Waals surface area contributed by atoms with Crippen molar-refractivity contribution in [3.05, 3.63) is 35.9 Å². The van der Waals surface area contributed by atoms with Gasteiger partial charge in [-0.15, -0.1) is 0 Å². The second kappa shape index (κ2) is 10.7. The van der Waals surface area contributed by atoms with E-state index in [0.717, 1.165) is 0 Å². The van der Waals surface area contributed by atoms with Gasteiger partial charge in [-0.05, 0) is 17.4 Å². The number of hydrogen-bond acceptors (Lipinski definition) is 0. The van der Waals surface area contributed by atoms with Gasteiger partial charge in [-0.3, -0.25) is 0 Å². The summed E-state index contributed by atoms with van der Waals surface area (Å²) in [5, 5.41) is 0. The zero-order valence-corrected chi connectivity index (χ0v) is 12.3. The van der Waals surface area contributed by atoms with Crippen molar-refractivity contribution >= 4 is 0 Å². The van der Waals surface area contributed by atoms with Gasteiger partial charge >= 0.3 is 0 Å². The average molecular weight is 222 g/mol. The molecular formula is C16H30. The molecule has 0 N–H and O–H groups in total. The number of rotatable bonds is 2. The minimum absolute atomic E-state index is 0.335. The van der Waals surface area contributed by atoms with Crippen LogP contribution in [0.5, 0.6) is 0 Å². The van der Waals surface area contributed by atoms with Crippen molar-refractivity contribution in [2.75, 3.05) is 0 Å². The van der Waals surface area contributed by atoms with Crippen LogP contribution in [0.2, 0.25) is 0 Å². The summed E-state index contributed by atoms with van der Waals surface area (Å²) in [4.78, 5) is 0. The SMILES string of the molecule is CC.CCC.CCC(C)(C)c1ccccc1. The Balaban J connectivity index is 0. The fourth-order valence-electron chi connectivity index (χ4n) is 1.09. The summed E-state index contributed by atoms with van der Waals surface area (Å²) in [5.74, 6) is 0. The van der Waals surface area contributed by atoms with Gasteiger partial charge in [-0.2, -0.15) is 0 Å². The maximum atomic E-state index is 2.28. The van der Waals surface area contributed by atoms with Crippen molar-refractivity contribution in [2.24, 2.45) is 0 Å². The summed E-state index contributed by atoms with van der Waals surface area (Å²) in [6, 6.07) is 10.7. The first-order chi connectivity index (χ1) is 7.58. The Morgan fingerprint density at radius 2 is 1.25 bits per heavy atom. The molecule has 0 aliphatic heterocycles. The van der Waals surface area contributed by atoms with Crippen molar-refractivity contribution < 1.29 is 0 Å². The van der Waals surface area contributed by atoms with Crippen LogP contribution in [0.15, 0.2) is 30.3 Å². The van der Waals surface area contributed by atoms with Gasteiger partial charge in [0.15, 0.2) is 0 Å². The van der Waals surface area contributed by atoms with E-state index in [9.17, 15) is 0 Å². The zero-order chi connectivity index (χ0) is 13.0. The Bertz CT molecular complexity index is 221. The van der Waals surface area contributed by atoms with Crippen molar-refractivity contribution in [1.82, 2.24) is 0 Å². The van der Waals surface area contributed by atoms with E-state index in [2.05, 4.69) is 65.0 Å². The van der Waals surface area contributed by atoms with Crippen molar-refractivity contribution in [2.45, 2.75) is 66.7 Å². The normalized spacial score (nSPS) is 9.44. The fraction of sp³-hybridized carbons (Fsp3) is 0.625. The third-order valence-corrected chi connectivity index (χ3v) is 2.44. The van der Waals surface area contributed by atoms with Gasteiger partial charge < -0.3 is 0 Å². The molecule has 0 amide bonds. The van der Waals surface area contributed by atoms with E-state index in [1.165, 1.54) is 18.4 Å². The second-order valence-electron chi connectivity index (χ2n) is 4.31. The molecule has 0 spiro atoms. The molecule has 0 saturated heterocycles. The predicted octanol–water partition coefficient (Wildman–Crippen LogP) is 5.82. The molecular weight excluding hydrogens is 192 g/mol. The molecule has 0 bridgehead atoms. The lowest BCUT2D eigenvalue weighted by Crippen LogP contribution is -2.14. The summed E-state index contributed by atoms with van der Waals surface area (Å²) < 4.78 is 0. The van der Waals surface area contributed by atoms with E-state index in [-0.39, 0.29) is 0 Å². The Kier molecular flexibility index (Phi) is 11.8. The van der Waals surface area contributed by atoms with Crippen molar-refractivity contribution in [3.63, 3.8) is 0 Å². The van der Waals surface area contributed by atoms with Gasteiger partial charge in [0.2, 0.25) is 0 Å². The van der Waals surface area contributed by atoms with Crippen molar-refractivity contribution in [3.8, 4) is 0 Å². The van der Waals surface area contributed by atoms with E-state index in [1.807, 2.05) is 13.8 Å². The summed E-state index contributed by atoms with van der Waals surface area (Å²) in [5.41, 5.74) is 1.77. The first kappa shape index (κ1) is 17.6. The van der Waals surface area contributed by atoms with Gasteiger partial charge in [0.05, 0.1) is 0 Å². The van der Waals surface area contributed by atoms with Gasteiger partial charge in [0.1, 0.15) is 0 Å². The highest BCUT2D eigenvalue weighted by Gasteiger charge is 2.16. The highest BCUT2D eigenvalue weighted by molar-refractivity contribution is 5.22. The minimum atomic E-state index is 0.335. The topological polar surface area (TPSA) is 0 Å². The molecule has 1 rings (SSSR count). The predicted molar refractivity (Wildman–Crippen MR) is 77.1 cm³/mol. The average Bonchev–Trinajstić information content (AvgIpc) is 2.34. The molecule has 0 atom stereocenters. The molecule has 0 heterocycles. The summed E-state index contributed by atoms with van der Waals surface area (Å²) in [6.45, 7) is 15.0. The van der Waals surface area contributed by atoms with Crippen LogP contribution in [0.4, 0.5) is 0 Å². The second-order valence-corrected chi connectivity index (χ2v) is 4.31. The van der Waals surface area contributed by atoms with E-state index in [4.69, 9.17) is 0 Å². The van der Waals surface area contributed by atoms with Crippen LogP contribution in [0.3, 0.4) is 0 Å². The fourth-order valence-corrected chi connectivity index (χ4v) is 1.09. The van der Waals surface area contributed by atoms with Crippen LogP contribution >= 0.6 is 0 Å². The smallest absolute Gasteiger partial charge is 0.0106 e. The Morgan fingerprint density at radius 1 is 0.875 bits per heavy atom. The molecule has 1 aromatic rings. The molecule has 1 aromatic carbocycles. The molecule has 0 nitrogen and oxygen atoms in total. The quantitative estimate of drug-likeness (QED) is 0.591. The standard InChI is InChI=1S/C11H16.C3H8.C2H6/c1-4-11(2,3)10-8-6-5-7-9-10;1-3-2;1-2/h5-9H,4H2,1-3H3;3H2,1-2H3;1-2H3. The van der Waals surface area contributed by atoms with Gasteiger partial charge in [-0.1, -0.05) is 85.2 Å². The molecule has 0 radical (unpaired) electrons. The third kappa shape index (κ3) is 7.50. The first-order valence-corrected chi connectivity index (χ1v) is 6.64. The molecule has 16 heavy (non-hydrogen) atoms. The van der Waals surface area contributed by atoms with Gasteiger partial charge in [0.25, 0.3) is 0 Å². The molecule has 0 heteroatoms. The Labute approximate surface area is 103 Å². The zero-order valence-electron chi connectivity index (χ0n) is 12.3. The van der Waals surface area contributed by atoms with E-state index in [0.29, 0.717) is 5.41 Å². The number of hydrogen-bond donors (Lipinski definition) is 0. The van der Waals surface area contributed by atoms with Crippen LogP contribution in [0, 0.1) is 0 Å².